The number of halogens is 3. The molecule has 0 atom stereocenters. The molecule has 0 fully saturated rings. The van der Waals surface area contributed by atoms with Crippen molar-refractivity contribution < 1.29 is 21.6 Å². The van der Waals surface area contributed by atoms with E-state index >= 15 is 0 Å². The summed E-state index contributed by atoms with van der Waals surface area (Å²) in [6.07, 6.45) is 0. The monoisotopic (exact) mass is 394 g/mol. The smallest absolute Gasteiger partial charge is 0.262 e. The van der Waals surface area contributed by atoms with Crippen molar-refractivity contribution in [2.45, 2.75) is 24.0 Å². The fourth-order valence-corrected chi connectivity index (χ4v) is 3.89. The maximum absolute atomic E-state index is 11.6. The molecule has 0 spiro atoms. The molecule has 1 aromatic rings. The van der Waals surface area contributed by atoms with Crippen LogP contribution >= 0.6 is 33.9 Å². The third kappa shape index (κ3) is 4.89. The van der Waals surface area contributed by atoms with Crippen LogP contribution in [0.3, 0.4) is 0 Å². The van der Waals surface area contributed by atoms with Crippen LogP contribution in [0.4, 0.5) is 0 Å². The first kappa shape index (κ1) is 18.8. The van der Waals surface area contributed by atoms with Crippen LogP contribution in [-0.4, -0.2) is 34.4 Å². The minimum absolute atomic E-state index is 0.0877. The van der Waals surface area contributed by atoms with Gasteiger partial charge in [-0.25, -0.2) is 16.8 Å². The maximum atomic E-state index is 11.6. The van der Waals surface area contributed by atoms with Gasteiger partial charge in [-0.3, -0.25) is 0 Å². The van der Waals surface area contributed by atoms with E-state index in [2.05, 4.69) is 0 Å². The molecular weight excluding hydrogens is 383 g/mol. The molecule has 0 aromatic heterocycles. The molecule has 0 aliphatic rings. The van der Waals surface area contributed by atoms with E-state index in [0.717, 1.165) is 6.07 Å². The molecule has 1 aromatic carbocycles. The van der Waals surface area contributed by atoms with Crippen LogP contribution in [0.1, 0.15) is 13.8 Å². The van der Waals surface area contributed by atoms with E-state index in [1.807, 2.05) is 0 Å². The molecule has 0 bridgehead atoms. The van der Waals surface area contributed by atoms with Crippen LogP contribution in [0, 0.1) is 0 Å². The summed E-state index contributed by atoms with van der Waals surface area (Å²) in [5.74, 6) is -0.0987. The largest absolute Gasteiger partial charge is 0.491 e. The zero-order valence-corrected chi connectivity index (χ0v) is 15.0. The third-order valence-corrected chi connectivity index (χ3v) is 7.13. The van der Waals surface area contributed by atoms with E-state index in [1.54, 1.807) is 13.8 Å². The summed E-state index contributed by atoms with van der Waals surface area (Å²) in [7, 11) is -2.07. The highest BCUT2D eigenvalue weighted by Crippen LogP contribution is 2.37. The van der Waals surface area contributed by atoms with Crippen molar-refractivity contribution in [1.29, 1.82) is 0 Å². The SMILES string of the molecule is CC(C)S(=O)(=O)CCOc1ccc(S(=O)(=O)Cl)c(Cl)c1Cl. The third-order valence-electron chi connectivity index (χ3n) is 2.62. The Morgan fingerprint density at radius 2 is 1.67 bits per heavy atom. The summed E-state index contributed by atoms with van der Waals surface area (Å²) in [6.45, 7) is 3.02. The van der Waals surface area contributed by atoms with E-state index in [4.69, 9.17) is 38.6 Å². The molecule has 0 amide bonds. The van der Waals surface area contributed by atoms with Crippen LogP contribution in [-0.2, 0) is 18.9 Å². The Labute approximate surface area is 138 Å². The normalized spacial score (nSPS) is 12.7. The molecule has 5 nitrogen and oxygen atoms in total. The van der Waals surface area contributed by atoms with Gasteiger partial charge in [-0.2, -0.15) is 0 Å². The number of hydrogen-bond donors (Lipinski definition) is 0. The molecule has 0 N–H and O–H groups in total. The van der Waals surface area contributed by atoms with Gasteiger partial charge in [-0.15, -0.1) is 0 Å². The Bertz CT molecular complexity index is 726. The second-order valence-electron chi connectivity index (χ2n) is 4.39. The minimum atomic E-state index is -4.02. The Morgan fingerprint density at radius 1 is 1.10 bits per heavy atom. The first-order valence-corrected chi connectivity index (χ1v) is 10.5. The van der Waals surface area contributed by atoms with Crippen molar-refractivity contribution in [1.82, 2.24) is 0 Å². The quantitative estimate of drug-likeness (QED) is 0.692. The lowest BCUT2D eigenvalue weighted by Crippen LogP contribution is -2.22. The molecule has 1 rings (SSSR count). The summed E-state index contributed by atoms with van der Waals surface area (Å²) >= 11 is 11.7. The van der Waals surface area contributed by atoms with Crippen molar-refractivity contribution in [2.24, 2.45) is 0 Å². The van der Waals surface area contributed by atoms with Crippen LogP contribution in [0.5, 0.6) is 5.75 Å². The fourth-order valence-electron chi connectivity index (χ4n) is 1.32. The Morgan fingerprint density at radius 3 is 2.14 bits per heavy atom. The van der Waals surface area contributed by atoms with Crippen molar-refractivity contribution in [2.75, 3.05) is 12.4 Å². The second-order valence-corrected chi connectivity index (χ2v) is 10.4. The van der Waals surface area contributed by atoms with E-state index in [0.29, 0.717) is 0 Å². The lowest BCUT2D eigenvalue weighted by Gasteiger charge is -2.12. The average Bonchev–Trinajstić information content (AvgIpc) is 2.32. The summed E-state index contributed by atoms with van der Waals surface area (Å²) in [6, 6.07) is 2.41. The van der Waals surface area contributed by atoms with Gasteiger partial charge in [0, 0.05) is 10.7 Å². The van der Waals surface area contributed by atoms with Crippen LogP contribution in [0.15, 0.2) is 17.0 Å². The molecule has 0 radical (unpaired) electrons. The number of benzene rings is 1. The molecule has 0 aliphatic heterocycles. The van der Waals surface area contributed by atoms with E-state index in [1.165, 1.54) is 6.07 Å². The number of hydrogen-bond acceptors (Lipinski definition) is 5. The first-order valence-electron chi connectivity index (χ1n) is 5.74. The highest BCUT2D eigenvalue weighted by Gasteiger charge is 2.21. The highest BCUT2D eigenvalue weighted by molar-refractivity contribution is 8.13. The van der Waals surface area contributed by atoms with Crippen molar-refractivity contribution in [3.63, 3.8) is 0 Å². The molecule has 0 saturated carbocycles. The molecule has 10 heteroatoms. The first-order chi connectivity index (χ1) is 9.47. The zero-order valence-electron chi connectivity index (χ0n) is 11.1. The van der Waals surface area contributed by atoms with Crippen LogP contribution in [0.25, 0.3) is 0 Å². The maximum Gasteiger partial charge on any atom is 0.262 e. The lowest BCUT2D eigenvalue weighted by molar-refractivity contribution is 0.340. The van der Waals surface area contributed by atoms with E-state index in [9.17, 15) is 16.8 Å². The Kier molecular flexibility index (Phi) is 6.20. The predicted molar refractivity (Wildman–Crippen MR) is 83.9 cm³/mol. The van der Waals surface area contributed by atoms with Gasteiger partial charge in [0.25, 0.3) is 9.05 Å². The summed E-state index contributed by atoms with van der Waals surface area (Å²) < 4.78 is 51.0. The van der Waals surface area contributed by atoms with Gasteiger partial charge in [0.15, 0.2) is 9.84 Å². The summed E-state index contributed by atoms with van der Waals surface area (Å²) in [5.41, 5.74) is 0. The average molecular weight is 396 g/mol. The van der Waals surface area contributed by atoms with Gasteiger partial charge in [0.1, 0.15) is 22.3 Å². The van der Waals surface area contributed by atoms with E-state index in [-0.39, 0.29) is 33.0 Å². The molecular formula is C11H13Cl3O5S2. The molecule has 0 saturated heterocycles. The minimum Gasteiger partial charge on any atom is -0.491 e. The molecule has 0 aliphatic carbocycles. The van der Waals surface area contributed by atoms with Crippen molar-refractivity contribution >= 4 is 52.8 Å². The molecule has 120 valence electrons. The van der Waals surface area contributed by atoms with Crippen LogP contribution in [0.2, 0.25) is 10.0 Å². The fraction of sp³-hybridized carbons (Fsp3) is 0.455. The van der Waals surface area contributed by atoms with Gasteiger partial charge in [-0.05, 0) is 26.0 Å². The number of ether oxygens (including phenoxy) is 1. The molecule has 0 heterocycles. The Hall–Kier alpha value is -0.210. The van der Waals surface area contributed by atoms with Gasteiger partial charge >= 0.3 is 0 Å². The van der Waals surface area contributed by atoms with Crippen molar-refractivity contribution in [3.8, 4) is 5.75 Å². The van der Waals surface area contributed by atoms with E-state index < -0.39 is 24.1 Å². The van der Waals surface area contributed by atoms with Gasteiger partial charge in [0.2, 0.25) is 0 Å². The van der Waals surface area contributed by atoms with Crippen LogP contribution < -0.4 is 4.74 Å². The summed E-state index contributed by atoms with van der Waals surface area (Å²) in [5, 5.41) is -0.917. The Balaban J connectivity index is 2.91. The predicted octanol–water partition coefficient (Wildman–Crippen LogP) is 3.12. The highest BCUT2D eigenvalue weighted by atomic mass is 35.7. The topological polar surface area (TPSA) is 77.5 Å². The van der Waals surface area contributed by atoms with Gasteiger partial charge in [0.05, 0.1) is 16.0 Å². The lowest BCUT2D eigenvalue weighted by atomic mass is 10.3. The standard InChI is InChI=1S/C11H13Cl3O5S2/c1-7(2)20(15,16)6-5-19-8-3-4-9(21(14,17)18)11(13)10(8)12/h3-4,7H,5-6H2,1-2H3. The molecule has 0 unspecified atom stereocenters. The number of rotatable bonds is 6. The van der Waals surface area contributed by atoms with Gasteiger partial charge < -0.3 is 4.74 Å². The van der Waals surface area contributed by atoms with Crippen molar-refractivity contribution in [3.05, 3.63) is 22.2 Å². The zero-order chi connectivity index (χ0) is 16.4. The molecule has 21 heavy (non-hydrogen) atoms. The number of sulfone groups is 1. The second kappa shape index (κ2) is 6.91. The van der Waals surface area contributed by atoms with Gasteiger partial charge in [-0.1, -0.05) is 23.2 Å². The summed E-state index contributed by atoms with van der Waals surface area (Å²) in [4.78, 5) is -0.335.